The van der Waals surface area contributed by atoms with Crippen LogP contribution in [-0.2, 0) is 14.6 Å². The zero-order valence-corrected chi connectivity index (χ0v) is 15.6. The number of sulfone groups is 1. The van der Waals surface area contributed by atoms with Gasteiger partial charge in [0, 0.05) is 28.5 Å². The molecule has 0 aliphatic carbocycles. The second-order valence-electron chi connectivity index (χ2n) is 6.79. The molecule has 2 aliphatic heterocycles. The predicted molar refractivity (Wildman–Crippen MR) is 95.8 cm³/mol. The number of carbonyl (C=O) groups is 1. The molecule has 0 saturated carbocycles. The molecule has 0 bridgehead atoms. The molecular formula is C17H17ClFN3O3S. The average molecular weight is 398 g/mol. The molecule has 1 saturated heterocycles. The van der Waals surface area contributed by atoms with E-state index in [-0.39, 0.29) is 40.5 Å². The summed E-state index contributed by atoms with van der Waals surface area (Å²) in [6.45, 7) is 1.78. The summed E-state index contributed by atoms with van der Waals surface area (Å²) in [4.78, 5) is 12.3. The van der Waals surface area contributed by atoms with Crippen LogP contribution >= 0.6 is 11.6 Å². The van der Waals surface area contributed by atoms with Crippen molar-refractivity contribution in [3.05, 3.63) is 45.9 Å². The molecule has 2 atom stereocenters. The number of halogens is 2. The minimum absolute atomic E-state index is 0.0123. The fraction of sp³-hybridized carbons (Fsp3) is 0.412. The maximum Gasteiger partial charge on any atom is 0.226 e. The fourth-order valence-electron chi connectivity index (χ4n) is 3.90. The minimum atomic E-state index is -3.11. The summed E-state index contributed by atoms with van der Waals surface area (Å²) in [5.74, 6) is -0.768. The van der Waals surface area contributed by atoms with Crippen molar-refractivity contribution in [1.82, 2.24) is 9.78 Å². The number of hydrogen-bond donors (Lipinski definition) is 1. The molecule has 1 fully saturated rings. The standard InChI is InChI=1S/C17H17ClFN3O3S/c1-9-15-11(16-12(18)3-2-4-13(16)19)7-14(23)20-17(15)22(21-9)10-5-6-26(24,25)8-10/h2-4,10-11H,5-8H2,1H3,(H,20,23)/t10-,11+/m1/s1. The van der Waals surface area contributed by atoms with Crippen LogP contribution in [-0.4, -0.2) is 35.6 Å². The third kappa shape index (κ3) is 2.81. The van der Waals surface area contributed by atoms with Gasteiger partial charge in [-0.05, 0) is 25.5 Å². The van der Waals surface area contributed by atoms with E-state index in [1.807, 2.05) is 0 Å². The Kier molecular flexibility index (Phi) is 4.07. The second-order valence-corrected chi connectivity index (χ2v) is 9.43. The van der Waals surface area contributed by atoms with E-state index in [4.69, 9.17) is 11.6 Å². The van der Waals surface area contributed by atoms with Crippen molar-refractivity contribution in [2.75, 3.05) is 16.8 Å². The van der Waals surface area contributed by atoms with Gasteiger partial charge < -0.3 is 5.32 Å². The first-order chi connectivity index (χ1) is 12.3. The normalized spacial score (nSPS) is 24.3. The van der Waals surface area contributed by atoms with Crippen LogP contribution in [0.3, 0.4) is 0 Å². The molecule has 1 aromatic heterocycles. The summed E-state index contributed by atoms with van der Waals surface area (Å²) in [5, 5.41) is 7.53. The first kappa shape index (κ1) is 17.5. The lowest BCUT2D eigenvalue weighted by Crippen LogP contribution is -2.27. The molecule has 1 aromatic carbocycles. The van der Waals surface area contributed by atoms with Gasteiger partial charge in [0.05, 0.1) is 23.2 Å². The molecule has 26 heavy (non-hydrogen) atoms. The molecule has 1 N–H and O–H groups in total. The van der Waals surface area contributed by atoms with E-state index < -0.39 is 21.6 Å². The maximum atomic E-state index is 14.5. The van der Waals surface area contributed by atoms with Gasteiger partial charge in [-0.2, -0.15) is 5.10 Å². The first-order valence-electron chi connectivity index (χ1n) is 8.30. The number of amides is 1. The molecule has 3 heterocycles. The van der Waals surface area contributed by atoms with Crippen molar-refractivity contribution in [2.24, 2.45) is 0 Å². The summed E-state index contributed by atoms with van der Waals surface area (Å²) in [5.41, 5.74) is 1.60. The Bertz CT molecular complexity index is 998. The highest BCUT2D eigenvalue weighted by Gasteiger charge is 2.38. The highest BCUT2D eigenvalue weighted by Crippen LogP contribution is 2.44. The van der Waals surface area contributed by atoms with Crippen molar-refractivity contribution < 1.29 is 17.6 Å². The van der Waals surface area contributed by atoms with E-state index in [1.54, 1.807) is 17.7 Å². The van der Waals surface area contributed by atoms with E-state index in [9.17, 15) is 17.6 Å². The van der Waals surface area contributed by atoms with Gasteiger partial charge in [-0.25, -0.2) is 17.5 Å². The van der Waals surface area contributed by atoms with Crippen LogP contribution < -0.4 is 5.32 Å². The molecule has 2 aliphatic rings. The Labute approximate surface area is 155 Å². The van der Waals surface area contributed by atoms with Gasteiger partial charge in [0.1, 0.15) is 11.6 Å². The van der Waals surface area contributed by atoms with Crippen LogP contribution in [0, 0.1) is 12.7 Å². The lowest BCUT2D eigenvalue weighted by Gasteiger charge is -2.26. The fourth-order valence-corrected chi connectivity index (χ4v) is 5.88. The second kappa shape index (κ2) is 6.06. The Balaban J connectivity index is 1.86. The van der Waals surface area contributed by atoms with Crippen molar-refractivity contribution in [1.29, 1.82) is 0 Å². The van der Waals surface area contributed by atoms with Crippen molar-refractivity contribution in [3.8, 4) is 0 Å². The van der Waals surface area contributed by atoms with Gasteiger partial charge in [-0.15, -0.1) is 0 Å². The Morgan fingerprint density at radius 1 is 1.35 bits per heavy atom. The topological polar surface area (TPSA) is 81.1 Å². The number of carbonyl (C=O) groups excluding carboxylic acids is 1. The van der Waals surface area contributed by atoms with Gasteiger partial charge in [0.15, 0.2) is 9.84 Å². The van der Waals surface area contributed by atoms with Gasteiger partial charge in [0.2, 0.25) is 5.91 Å². The molecular weight excluding hydrogens is 381 g/mol. The molecule has 9 heteroatoms. The average Bonchev–Trinajstić information content (AvgIpc) is 3.06. The van der Waals surface area contributed by atoms with Crippen molar-refractivity contribution in [2.45, 2.75) is 31.7 Å². The third-order valence-electron chi connectivity index (χ3n) is 5.03. The number of aryl methyl sites for hydroxylation is 1. The largest absolute Gasteiger partial charge is 0.311 e. The predicted octanol–water partition coefficient (Wildman–Crippen LogP) is 2.82. The zero-order valence-electron chi connectivity index (χ0n) is 14.0. The van der Waals surface area contributed by atoms with Gasteiger partial charge in [0.25, 0.3) is 0 Å². The number of rotatable bonds is 2. The van der Waals surface area contributed by atoms with E-state index in [1.165, 1.54) is 12.1 Å². The van der Waals surface area contributed by atoms with Crippen LogP contribution in [0.2, 0.25) is 5.02 Å². The van der Waals surface area contributed by atoms with Gasteiger partial charge in [-0.3, -0.25) is 4.79 Å². The monoisotopic (exact) mass is 397 g/mol. The lowest BCUT2D eigenvalue weighted by atomic mass is 9.85. The summed E-state index contributed by atoms with van der Waals surface area (Å²) >= 11 is 6.22. The van der Waals surface area contributed by atoms with Crippen LogP contribution in [0.1, 0.15) is 41.6 Å². The maximum absolute atomic E-state index is 14.5. The number of nitrogens with zero attached hydrogens (tertiary/aromatic N) is 2. The summed E-state index contributed by atoms with van der Waals surface area (Å²) in [6.07, 6.45) is 0.500. The Hall–Kier alpha value is -1.93. The number of hydrogen-bond acceptors (Lipinski definition) is 4. The molecule has 6 nitrogen and oxygen atoms in total. The highest BCUT2D eigenvalue weighted by molar-refractivity contribution is 7.91. The molecule has 4 rings (SSSR count). The number of nitrogens with one attached hydrogen (secondary N) is 1. The number of fused-ring (bicyclic) bond motifs is 1. The molecule has 2 aromatic rings. The van der Waals surface area contributed by atoms with Crippen LogP contribution in [0.25, 0.3) is 0 Å². The van der Waals surface area contributed by atoms with Crippen molar-refractivity contribution >= 4 is 33.2 Å². The summed E-state index contributed by atoms with van der Waals surface area (Å²) in [7, 11) is -3.11. The van der Waals surface area contributed by atoms with E-state index >= 15 is 0 Å². The Morgan fingerprint density at radius 2 is 2.12 bits per heavy atom. The smallest absolute Gasteiger partial charge is 0.226 e. The van der Waals surface area contributed by atoms with Gasteiger partial charge in [-0.1, -0.05) is 17.7 Å². The SMILES string of the molecule is Cc1nn([C@@H]2CCS(=O)(=O)C2)c2c1[C@@H](c1c(F)cccc1Cl)CC(=O)N2. The van der Waals surface area contributed by atoms with Crippen LogP contribution in [0.5, 0.6) is 0 Å². The number of benzene rings is 1. The lowest BCUT2D eigenvalue weighted by molar-refractivity contribution is -0.116. The van der Waals surface area contributed by atoms with E-state index in [0.29, 0.717) is 23.5 Å². The Morgan fingerprint density at radius 3 is 2.77 bits per heavy atom. The molecule has 0 radical (unpaired) electrons. The number of aromatic nitrogens is 2. The summed E-state index contributed by atoms with van der Waals surface area (Å²) in [6, 6.07) is 4.09. The quantitative estimate of drug-likeness (QED) is 0.844. The van der Waals surface area contributed by atoms with Gasteiger partial charge >= 0.3 is 0 Å². The highest BCUT2D eigenvalue weighted by atomic mass is 35.5. The summed E-state index contributed by atoms with van der Waals surface area (Å²) < 4.78 is 39.7. The minimum Gasteiger partial charge on any atom is -0.311 e. The zero-order chi connectivity index (χ0) is 18.6. The third-order valence-corrected chi connectivity index (χ3v) is 7.11. The van der Waals surface area contributed by atoms with E-state index in [2.05, 4.69) is 10.4 Å². The molecule has 1 amide bonds. The molecule has 0 unspecified atom stereocenters. The van der Waals surface area contributed by atoms with Crippen LogP contribution in [0.15, 0.2) is 18.2 Å². The van der Waals surface area contributed by atoms with Crippen LogP contribution in [0.4, 0.5) is 10.2 Å². The first-order valence-corrected chi connectivity index (χ1v) is 10.5. The molecule has 0 spiro atoms. The molecule has 138 valence electrons. The van der Waals surface area contributed by atoms with Crippen molar-refractivity contribution in [3.63, 3.8) is 0 Å². The number of anilines is 1. The van der Waals surface area contributed by atoms with E-state index in [0.717, 1.165) is 0 Å².